The summed E-state index contributed by atoms with van der Waals surface area (Å²) in [7, 11) is 1.60. The molecule has 192 valence electrons. The van der Waals surface area contributed by atoms with E-state index in [1.807, 2.05) is 18.2 Å². The van der Waals surface area contributed by atoms with Crippen LogP contribution in [0.5, 0.6) is 5.75 Å². The number of rotatable bonds is 10. The topological polar surface area (TPSA) is 102 Å². The zero-order chi connectivity index (χ0) is 25.7. The van der Waals surface area contributed by atoms with E-state index >= 15 is 0 Å². The molecule has 0 bridgehead atoms. The number of piperidine rings is 1. The molecule has 2 aromatic heterocycles. The Balaban J connectivity index is 1.37. The molecule has 3 atom stereocenters. The van der Waals surface area contributed by atoms with Gasteiger partial charge < -0.3 is 20.5 Å². The number of pyridine rings is 2. The smallest absolute Gasteiger partial charge is 0.308 e. The van der Waals surface area contributed by atoms with Crippen LogP contribution in [-0.4, -0.2) is 58.4 Å². The van der Waals surface area contributed by atoms with E-state index in [0.717, 1.165) is 29.4 Å². The molecule has 0 spiro atoms. The van der Waals surface area contributed by atoms with Crippen molar-refractivity contribution in [2.45, 2.75) is 30.3 Å². The second-order valence-electron chi connectivity index (χ2n) is 9.02. The van der Waals surface area contributed by atoms with E-state index in [4.69, 9.17) is 22.1 Å². The molecule has 4 rings (SSSR count). The van der Waals surface area contributed by atoms with E-state index in [1.54, 1.807) is 25.6 Å². The number of methoxy groups -OCH3 is 1. The molecule has 2 unspecified atom stereocenters. The summed E-state index contributed by atoms with van der Waals surface area (Å²) < 4.78 is 19.1. The number of benzene rings is 1. The van der Waals surface area contributed by atoms with E-state index < -0.39 is 11.9 Å². The van der Waals surface area contributed by atoms with Gasteiger partial charge in [0.15, 0.2) is 5.82 Å². The number of halogens is 2. The van der Waals surface area contributed by atoms with Gasteiger partial charge in [-0.25, -0.2) is 9.37 Å². The summed E-state index contributed by atoms with van der Waals surface area (Å²) in [4.78, 5) is 22.7. The highest BCUT2D eigenvalue weighted by molar-refractivity contribution is 7.99. The summed E-state index contributed by atoms with van der Waals surface area (Å²) in [5.41, 5.74) is 8.19. The number of aliphatic carboxylic acids is 1. The van der Waals surface area contributed by atoms with Crippen LogP contribution in [0.15, 0.2) is 47.8 Å². The molecule has 10 heteroatoms. The quantitative estimate of drug-likeness (QED) is 0.351. The third kappa shape index (κ3) is 6.26. The predicted octanol–water partition coefficient (Wildman–Crippen LogP) is 5.03. The Labute approximate surface area is 219 Å². The van der Waals surface area contributed by atoms with Crippen molar-refractivity contribution in [1.29, 1.82) is 0 Å². The maximum atomic E-state index is 13.8. The summed E-state index contributed by atoms with van der Waals surface area (Å²) in [5, 5.41) is 11.6. The number of hydrogen-bond donors (Lipinski definition) is 2. The zero-order valence-corrected chi connectivity index (χ0v) is 21.6. The Bertz CT molecular complexity index is 1220. The van der Waals surface area contributed by atoms with Gasteiger partial charge in [-0.3, -0.25) is 9.78 Å². The second-order valence-corrected chi connectivity index (χ2v) is 10.5. The fourth-order valence-electron chi connectivity index (χ4n) is 4.85. The monoisotopic (exact) mass is 532 g/mol. The lowest BCUT2D eigenvalue weighted by Crippen LogP contribution is -2.44. The minimum atomic E-state index is -0.793. The van der Waals surface area contributed by atoms with E-state index in [-0.39, 0.29) is 17.8 Å². The SMILES string of the molecule is COc1ccc2ncc(Cl)c([C@H](N)CCC3CCN(CCSc4ncccc4F)CC3C(=O)O)c2c1. The van der Waals surface area contributed by atoms with Crippen LogP contribution in [0.3, 0.4) is 0 Å². The summed E-state index contributed by atoms with van der Waals surface area (Å²) in [6.07, 6.45) is 5.24. The maximum Gasteiger partial charge on any atom is 0.308 e. The number of nitrogens with zero attached hydrogens (tertiary/aromatic N) is 3. The molecule has 36 heavy (non-hydrogen) atoms. The van der Waals surface area contributed by atoms with Crippen molar-refractivity contribution in [1.82, 2.24) is 14.9 Å². The van der Waals surface area contributed by atoms with Crippen LogP contribution in [-0.2, 0) is 4.79 Å². The Morgan fingerprint density at radius 3 is 2.97 bits per heavy atom. The number of carboxylic acid groups (broad SMARTS) is 1. The van der Waals surface area contributed by atoms with Crippen LogP contribution in [0.4, 0.5) is 4.39 Å². The molecule has 7 nitrogen and oxygen atoms in total. The molecule has 1 saturated heterocycles. The molecule has 0 aliphatic carbocycles. The average Bonchev–Trinajstić information content (AvgIpc) is 2.88. The van der Waals surface area contributed by atoms with Gasteiger partial charge in [0.1, 0.15) is 10.8 Å². The Morgan fingerprint density at radius 1 is 1.39 bits per heavy atom. The van der Waals surface area contributed by atoms with Gasteiger partial charge in [-0.2, -0.15) is 0 Å². The Hall–Kier alpha value is -2.46. The zero-order valence-electron chi connectivity index (χ0n) is 20.1. The van der Waals surface area contributed by atoms with Crippen LogP contribution in [0, 0.1) is 17.7 Å². The van der Waals surface area contributed by atoms with E-state index in [1.165, 1.54) is 17.8 Å². The Morgan fingerprint density at radius 2 is 2.22 bits per heavy atom. The van der Waals surface area contributed by atoms with Crippen molar-refractivity contribution < 1.29 is 19.0 Å². The normalized spacial score (nSPS) is 19.3. The van der Waals surface area contributed by atoms with E-state index in [2.05, 4.69) is 14.9 Å². The van der Waals surface area contributed by atoms with Gasteiger partial charge in [-0.1, -0.05) is 11.6 Å². The molecule has 1 fully saturated rings. The molecule has 3 N–H and O–H groups in total. The minimum Gasteiger partial charge on any atom is -0.497 e. The molecular weight excluding hydrogens is 503 g/mol. The third-order valence-corrected chi connectivity index (χ3v) is 8.08. The van der Waals surface area contributed by atoms with Crippen molar-refractivity contribution in [3.05, 3.63) is 59.1 Å². The summed E-state index contributed by atoms with van der Waals surface area (Å²) in [6, 6.07) is 8.20. The molecule has 0 radical (unpaired) electrons. The number of fused-ring (bicyclic) bond motifs is 1. The first-order valence-corrected chi connectivity index (χ1v) is 13.3. The van der Waals surface area contributed by atoms with Gasteiger partial charge in [0.05, 0.1) is 23.6 Å². The van der Waals surface area contributed by atoms with Crippen molar-refractivity contribution in [3.63, 3.8) is 0 Å². The standard InChI is InChI=1S/C26H30ClFN4O3S/c1-35-17-5-7-23-18(13-17)24(20(27)14-31-23)22(29)6-4-16-8-10-32(15-19(16)26(33)34)11-12-36-25-21(28)3-2-9-30-25/h2-3,5,7,9,13-14,16,19,22H,4,6,8,10-12,15,29H2,1H3,(H,33,34)/t16?,19?,22-/m1/s1. The largest absolute Gasteiger partial charge is 0.497 e. The van der Waals surface area contributed by atoms with Crippen LogP contribution in [0.2, 0.25) is 5.02 Å². The molecule has 1 aliphatic heterocycles. The molecule has 0 saturated carbocycles. The molecule has 0 amide bonds. The number of likely N-dealkylation sites (tertiary alicyclic amines) is 1. The number of hydrogen-bond acceptors (Lipinski definition) is 7. The number of nitrogens with two attached hydrogens (primary N) is 1. The van der Waals surface area contributed by atoms with Gasteiger partial charge >= 0.3 is 5.97 Å². The van der Waals surface area contributed by atoms with Crippen molar-refractivity contribution in [2.24, 2.45) is 17.6 Å². The highest BCUT2D eigenvalue weighted by Gasteiger charge is 2.34. The van der Waals surface area contributed by atoms with Crippen LogP contribution in [0.1, 0.15) is 30.9 Å². The number of carbonyl (C=O) groups is 1. The number of thioether (sulfide) groups is 1. The number of ether oxygens (including phenoxy) is 1. The lowest BCUT2D eigenvalue weighted by Gasteiger charge is -2.37. The van der Waals surface area contributed by atoms with Crippen LogP contribution >= 0.6 is 23.4 Å². The number of carboxylic acids is 1. The van der Waals surface area contributed by atoms with Crippen molar-refractivity contribution in [3.8, 4) is 5.75 Å². The minimum absolute atomic E-state index is 0.0205. The lowest BCUT2D eigenvalue weighted by molar-refractivity contribution is -0.146. The molecular formula is C26H30ClFN4O3S. The van der Waals surface area contributed by atoms with Gasteiger partial charge in [0.2, 0.25) is 0 Å². The molecule has 3 aromatic rings. The fraction of sp³-hybridized carbons (Fsp3) is 0.423. The van der Waals surface area contributed by atoms with Gasteiger partial charge in [-0.15, -0.1) is 11.8 Å². The Kier molecular flexibility index (Phi) is 9.00. The van der Waals surface area contributed by atoms with E-state index in [9.17, 15) is 14.3 Å². The summed E-state index contributed by atoms with van der Waals surface area (Å²) in [6.45, 7) is 1.94. The van der Waals surface area contributed by atoms with Gasteiger partial charge in [0.25, 0.3) is 0 Å². The first kappa shape index (κ1) is 26.6. The molecule has 1 aliphatic rings. The van der Waals surface area contributed by atoms with Crippen LogP contribution in [0.25, 0.3) is 10.9 Å². The average molecular weight is 533 g/mol. The lowest BCUT2D eigenvalue weighted by atomic mass is 9.81. The first-order chi connectivity index (χ1) is 17.4. The van der Waals surface area contributed by atoms with Crippen molar-refractivity contribution >= 4 is 40.2 Å². The predicted molar refractivity (Wildman–Crippen MR) is 140 cm³/mol. The first-order valence-electron chi connectivity index (χ1n) is 11.9. The van der Waals surface area contributed by atoms with Gasteiger partial charge in [-0.05, 0) is 67.6 Å². The van der Waals surface area contributed by atoms with Gasteiger partial charge in [0, 0.05) is 42.7 Å². The van der Waals surface area contributed by atoms with Crippen molar-refractivity contribution in [2.75, 3.05) is 32.5 Å². The summed E-state index contributed by atoms with van der Waals surface area (Å²) in [5.74, 6) is -0.241. The highest BCUT2D eigenvalue weighted by Crippen LogP contribution is 2.36. The second kappa shape index (κ2) is 12.2. The summed E-state index contributed by atoms with van der Waals surface area (Å²) >= 11 is 7.85. The van der Waals surface area contributed by atoms with E-state index in [0.29, 0.717) is 47.5 Å². The highest BCUT2D eigenvalue weighted by atomic mass is 35.5. The third-order valence-electron chi connectivity index (χ3n) is 6.82. The maximum absolute atomic E-state index is 13.8. The van der Waals surface area contributed by atoms with Crippen LogP contribution < -0.4 is 10.5 Å². The fourth-order valence-corrected chi connectivity index (χ4v) is 6.03. The molecule has 1 aromatic carbocycles. The number of aromatic nitrogens is 2. The molecule has 3 heterocycles.